The van der Waals surface area contributed by atoms with Crippen LogP contribution in [0.5, 0.6) is 0 Å². The maximum Gasteiger partial charge on any atom is 0.218 e. The third-order valence-electron chi connectivity index (χ3n) is 1.68. The van der Waals surface area contributed by atoms with Crippen molar-refractivity contribution >= 4 is 18.0 Å². The number of hydrogen-bond donors (Lipinski definition) is 1. The predicted molar refractivity (Wildman–Crippen MR) is 47.1 cm³/mol. The summed E-state index contributed by atoms with van der Waals surface area (Å²) in [6, 6.07) is 1.73. The van der Waals surface area contributed by atoms with Gasteiger partial charge in [-0.25, -0.2) is 15.0 Å². The topological polar surface area (TPSA) is 59.4 Å². The zero-order chi connectivity index (χ0) is 9.15. The van der Waals surface area contributed by atoms with E-state index in [1.165, 1.54) is 6.40 Å². The van der Waals surface area contributed by atoms with Gasteiger partial charge in [-0.05, 0) is 6.07 Å². The second-order valence-electron chi connectivity index (χ2n) is 2.52. The summed E-state index contributed by atoms with van der Waals surface area (Å²) in [5.41, 5.74) is 1.83. The minimum Gasteiger partial charge on any atom is -0.394 e. The lowest BCUT2D eigenvalue weighted by Crippen LogP contribution is -2.39. The van der Waals surface area contributed by atoms with E-state index in [4.69, 9.17) is 16.4 Å². The number of rotatable bonds is 2. The number of nitrogens with one attached hydrogen (secondary N) is 1. The van der Waals surface area contributed by atoms with Gasteiger partial charge in [0.05, 0.1) is 5.88 Å². The SMILES string of the molecule is ClCC1(c2ncccn2)N=CON1. The van der Waals surface area contributed by atoms with Gasteiger partial charge in [-0.2, -0.15) is 0 Å². The molecule has 1 unspecified atom stereocenters. The molecule has 1 aliphatic heterocycles. The van der Waals surface area contributed by atoms with Crippen molar-refractivity contribution in [3.63, 3.8) is 0 Å². The van der Waals surface area contributed by atoms with E-state index in [9.17, 15) is 0 Å². The highest BCUT2D eigenvalue weighted by atomic mass is 35.5. The second-order valence-corrected chi connectivity index (χ2v) is 2.79. The van der Waals surface area contributed by atoms with E-state index in [-0.39, 0.29) is 5.88 Å². The highest BCUT2D eigenvalue weighted by molar-refractivity contribution is 6.18. The first-order chi connectivity index (χ1) is 6.37. The molecule has 5 nitrogen and oxygen atoms in total. The van der Waals surface area contributed by atoms with Gasteiger partial charge in [-0.15, -0.1) is 17.1 Å². The minimum absolute atomic E-state index is 0.216. The molecule has 0 spiro atoms. The molecule has 1 aromatic heterocycles. The van der Waals surface area contributed by atoms with Crippen molar-refractivity contribution < 1.29 is 4.84 Å². The van der Waals surface area contributed by atoms with Gasteiger partial charge in [-0.3, -0.25) is 0 Å². The van der Waals surface area contributed by atoms with Crippen molar-refractivity contribution in [2.24, 2.45) is 4.99 Å². The van der Waals surface area contributed by atoms with Crippen LogP contribution in [0.25, 0.3) is 0 Å². The Hall–Kier alpha value is -1.20. The van der Waals surface area contributed by atoms with Crippen LogP contribution in [0.15, 0.2) is 23.5 Å². The van der Waals surface area contributed by atoms with E-state index < -0.39 is 5.66 Å². The molecule has 1 N–H and O–H groups in total. The van der Waals surface area contributed by atoms with Crippen LogP contribution in [0.3, 0.4) is 0 Å². The van der Waals surface area contributed by atoms with E-state index in [0.29, 0.717) is 5.82 Å². The van der Waals surface area contributed by atoms with Crippen LogP contribution in [-0.4, -0.2) is 22.2 Å². The smallest absolute Gasteiger partial charge is 0.218 e. The lowest BCUT2D eigenvalue weighted by Gasteiger charge is -2.19. The molecule has 0 aliphatic carbocycles. The third kappa shape index (κ3) is 1.36. The van der Waals surface area contributed by atoms with Crippen molar-refractivity contribution in [3.8, 4) is 0 Å². The fourth-order valence-electron chi connectivity index (χ4n) is 1.00. The zero-order valence-corrected chi connectivity index (χ0v) is 7.40. The standard InChI is InChI=1S/C7H7ClN4O/c8-4-7(11-5-13-12-7)6-9-2-1-3-10-6/h1-3,5,12H,4H2. The molecule has 1 aliphatic rings. The van der Waals surface area contributed by atoms with Gasteiger partial charge in [0.25, 0.3) is 0 Å². The molecule has 2 rings (SSSR count). The maximum atomic E-state index is 5.76. The van der Waals surface area contributed by atoms with Gasteiger partial charge >= 0.3 is 0 Å². The molecule has 0 bridgehead atoms. The average Bonchev–Trinajstić information content (AvgIpc) is 2.69. The van der Waals surface area contributed by atoms with Crippen molar-refractivity contribution in [1.82, 2.24) is 15.4 Å². The first-order valence-corrected chi connectivity index (χ1v) is 4.21. The van der Waals surface area contributed by atoms with Gasteiger partial charge < -0.3 is 4.84 Å². The molecule has 0 fully saturated rings. The van der Waals surface area contributed by atoms with Crippen LogP contribution in [0.4, 0.5) is 0 Å². The van der Waals surface area contributed by atoms with Gasteiger partial charge in [-0.1, -0.05) is 0 Å². The van der Waals surface area contributed by atoms with Crippen molar-refractivity contribution in [3.05, 3.63) is 24.3 Å². The Kier molecular flexibility index (Phi) is 2.12. The number of aromatic nitrogens is 2. The number of hydrogen-bond acceptors (Lipinski definition) is 5. The molecule has 1 aromatic rings. The van der Waals surface area contributed by atoms with Crippen molar-refractivity contribution in [1.29, 1.82) is 0 Å². The van der Waals surface area contributed by atoms with E-state index in [2.05, 4.69) is 20.4 Å². The summed E-state index contributed by atoms with van der Waals surface area (Å²) < 4.78 is 0. The molecule has 13 heavy (non-hydrogen) atoms. The predicted octanol–water partition coefficient (Wildman–Crippen LogP) is 0.431. The number of nitrogens with zero attached hydrogens (tertiary/aromatic N) is 3. The molecule has 68 valence electrons. The van der Waals surface area contributed by atoms with E-state index in [1.807, 2.05) is 0 Å². The maximum absolute atomic E-state index is 5.76. The quantitative estimate of drug-likeness (QED) is 0.701. The van der Waals surface area contributed by atoms with Crippen LogP contribution in [0.2, 0.25) is 0 Å². The van der Waals surface area contributed by atoms with Gasteiger partial charge in [0, 0.05) is 12.4 Å². The number of hydroxylamine groups is 1. The molecule has 0 saturated heterocycles. The number of halogens is 1. The van der Waals surface area contributed by atoms with Crippen LogP contribution in [-0.2, 0) is 10.5 Å². The molecule has 0 radical (unpaired) electrons. The Labute approximate surface area is 79.8 Å². The Balaban J connectivity index is 2.37. The summed E-state index contributed by atoms with van der Waals surface area (Å²) in [4.78, 5) is 16.9. The Morgan fingerprint density at radius 1 is 1.46 bits per heavy atom. The van der Waals surface area contributed by atoms with Crippen LogP contribution in [0.1, 0.15) is 5.82 Å². The largest absolute Gasteiger partial charge is 0.394 e. The fourth-order valence-corrected chi connectivity index (χ4v) is 1.25. The van der Waals surface area contributed by atoms with Crippen molar-refractivity contribution in [2.75, 3.05) is 5.88 Å². The molecule has 2 heterocycles. The fraction of sp³-hybridized carbons (Fsp3) is 0.286. The summed E-state index contributed by atoms with van der Waals surface area (Å²) in [5.74, 6) is 0.715. The lowest BCUT2D eigenvalue weighted by atomic mass is 10.2. The van der Waals surface area contributed by atoms with E-state index >= 15 is 0 Å². The highest BCUT2D eigenvalue weighted by Crippen LogP contribution is 2.22. The lowest BCUT2D eigenvalue weighted by molar-refractivity contribution is 0.131. The zero-order valence-electron chi connectivity index (χ0n) is 6.64. The first-order valence-electron chi connectivity index (χ1n) is 3.67. The molecular weight excluding hydrogens is 192 g/mol. The molecule has 0 saturated carbocycles. The minimum atomic E-state index is -0.831. The normalized spacial score (nSPS) is 25.9. The Bertz CT molecular complexity index is 318. The van der Waals surface area contributed by atoms with E-state index in [1.54, 1.807) is 18.5 Å². The number of aliphatic imine (C=N–C) groups is 1. The second kappa shape index (κ2) is 3.27. The summed E-state index contributed by atoms with van der Waals surface area (Å²) in [6.45, 7) is 0. The molecule has 0 amide bonds. The Morgan fingerprint density at radius 3 is 2.77 bits per heavy atom. The summed E-state index contributed by atoms with van der Waals surface area (Å²) in [6.07, 6.45) is 4.55. The molecule has 0 aromatic carbocycles. The Morgan fingerprint density at radius 2 is 2.23 bits per heavy atom. The number of alkyl halides is 1. The monoisotopic (exact) mass is 198 g/mol. The third-order valence-corrected chi connectivity index (χ3v) is 2.07. The summed E-state index contributed by atoms with van der Waals surface area (Å²) in [7, 11) is 0. The highest BCUT2D eigenvalue weighted by Gasteiger charge is 2.37. The molecule has 6 heteroatoms. The molecular formula is C7H7ClN4O. The van der Waals surface area contributed by atoms with Gasteiger partial charge in [0.15, 0.2) is 12.2 Å². The van der Waals surface area contributed by atoms with Crippen LogP contribution < -0.4 is 5.48 Å². The van der Waals surface area contributed by atoms with Gasteiger partial charge in [0.2, 0.25) is 5.66 Å². The molecule has 1 atom stereocenters. The average molecular weight is 199 g/mol. The first kappa shape index (κ1) is 8.40. The van der Waals surface area contributed by atoms with Gasteiger partial charge in [0.1, 0.15) is 0 Å². The summed E-state index contributed by atoms with van der Waals surface area (Å²) in [5, 5.41) is 0. The van der Waals surface area contributed by atoms with Crippen molar-refractivity contribution in [2.45, 2.75) is 5.66 Å². The van der Waals surface area contributed by atoms with Crippen LogP contribution in [0, 0.1) is 0 Å². The van der Waals surface area contributed by atoms with Crippen LogP contribution >= 0.6 is 11.6 Å². The van der Waals surface area contributed by atoms with E-state index in [0.717, 1.165) is 0 Å². The summed E-state index contributed by atoms with van der Waals surface area (Å²) >= 11 is 5.76.